The zero-order chi connectivity index (χ0) is 59.3. The SMILES string of the molecule is CCCOCCOCCOCCOCCOCCOCCOCCOCCOCCOCCOCCOCCC(=O)NCC(C)(C)SSCC(=O)N[C@H]1CCc2c(C)c(F)cc3nc4c(c1c23)Cn1c-4cc2c(c1=O)COC(=O)[C@]2(O)CC. The Balaban J connectivity index is 0.720. The third-order valence-corrected chi connectivity index (χ3v) is 17.0. The van der Waals surface area contributed by atoms with Crippen LogP contribution in [-0.4, -0.2) is 208 Å². The average Bonchev–Trinajstić information content (AvgIpc) is 1.88. The number of cyclic esters (lactones) is 1. The second-order valence-electron chi connectivity index (χ2n) is 20.5. The van der Waals surface area contributed by atoms with Crippen molar-refractivity contribution in [3.05, 3.63) is 61.7 Å². The van der Waals surface area contributed by atoms with Gasteiger partial charge in [-0.15, -0.1) is 0 Å². The van der Waals surface area contributed by atoms with Crippen LogP contribution in [0.2, 0.25) is 0 Å². The van der Waals surface area contributed by atoms with Gasteiger partial charge in [0.05, 0.1) is 193 Å². The van der Waals surface area contributed by atoms with Gasteiger partial charge in [-0.2, -0.15) is 0 Å². The fourth-order valence-corrected chi connectivity index (χ4v) is 11.8. The summed E-state index contributed by atoms with van der Waals surface area (Å²) in [5.41, 5.74) is 2.11. The molecule has 6 rings (SSSR count). The fraction of sp³-hybridized carbons (Fsp3) is 0.707. The molecule has 0 saturated carbocycles. The van der Waals surface area contributed by atoms with E-state index in [-0.39, 0.29) is 61.3 Å². The maximum Gasteiger partial charge on any atom is 0.343 e. The molecule has 0 fully saturated rings. The van der Waals surface area contributed by atoms with E-state index in [1.54, 1.807) is 24.5 Å². The molecule has 4 heterocycles. The first-order valence-electron chi connectivity index (χ1n) is 28.9. The molecule has 2 atom stereocenters. The molecule has 1 aromatic carbocycles. The molecule has 0 spiro atoms. The van der Waals surface area contributed by atoms with Crippen molar-refractivity contribution in [1.29, 1.82) is 0 Å². The highest BCUT2D eigenvalue weighted by Gasteiger charge is 2.46. The van der Waals surface area contributed by atoms with Crippen LogP contribution >= 0.6 is 21.6 Å². The van der Waals surface area contributed by atoms with Crippen molar-refractivity contribution in [3.8, 4) is 11.4 Å². The summed E-state index contributed by atoms with van der Waals surface area (Å²) >= 11 is 0. The third-order valence-electron chi connectivity index (χ3n) is 13.8. The number of carbonyl (C=O) groups excluding carboxylic acids is 3. The number of hydrogen-bond acceptors (Lipinski definition) is 21. The van der Waals surface area contributed by atoms with Crippen molar-refractivity contribution in [2.45, 2.75) is 96.3 Å². The molecule has 3 aromatic rings. The van der Waals surface area contributed by atoms with E-state index in [2.05, 4.69) is 17.6 Å². The lowest BCUT2D eigenvalue weighted by Crippen LogP contribution is -2.44. The van der Waals surface area contributed by atoms with Gasteiger partial charge >= 0.3 is 5.97 Å². The van der Waals surface area contributed by atoms with E-state index in [0.29, 0.717) is 187 Å². The Kier molecular flexibility index (Phi) is 30.4. The van der Waals surface area contributed by atoms with Crippen LogP contribution in [0.15, 0.2) is 16.9 Å². The Hall–Kier alpha value is -3.90. The van der Waals surface area contributed by atoms with Crippen molar-refractivity contribution >= 4 is 50.3 Å². The minimum absolute atomic E-state index is 0.000604. The Morgan fingerprint density at radius 1 is 0.711 bits per heavy atom. The summed E-state index contributed by atoms with van der Waals surface area (Å²) in [6, 6.07) is 2.57. The minimum Gasteiger partial charge on any atom is -0.458 e. The number of nitrogens with zero attached hydrogens (tertiary/aromatic N) is 2. The van der Waals surface area contributed by atoms with E-state index < -0.39 is 33.7 Å². The third kappa shape index (κ3) is 21.5. The molecule has 3 N–H and O–H groups in total. The van der Waals surface area contributed by atoms with E-state index >= 15 is 4.39 Å². The number of ether oxygens (including phenoxy) is 13. The summed E-state index contributed by atoms with van der Waals surface area (Å²) in [6.45, 7) is 21.1. The van der Waals surface area contributed by atoms with Gasteiger partial charge in [0.15, 0.2) is 5.60 Å². The van der Waals surface area contributed by atoms with Gasteiger partial charge in [-0.05, 0) is 69.2 Å². The van der Waals surface area contributed by atoms with Crippen LogP contribution in [0.1, 0.15) is 92.8 Å². The first-order valence-corrected chi connectivity index (χ1v) is 31.2. The van der Waals surface area contributed by atoms with Crippen LogP contribution in [0.25, 0.3) is 22.3 Å². The molecule has 466 valence electrons. The van der Waals surface area contributed by atoms with Gasteiger partial charge in [0.25, 0.3) is 5.56 Å². The highest BCUT2D eigenvalue weighted by Crippen LogP contribution is 2.46. The molecule has 0 unspecified atom stereocenters. The van der Waals surface area contributed by atoms with Crippen LogP contribution in [-0.2, 0) is 101 Å². The van der Waals surface area contributed by atoms with E-state index in [4.69, 9.17) is 66.6 Å². The molecule has 25 heteroatoms. The van der Waals surface area contributed by atoms with Gasteiger partial charge in [0.2, 0.25) is 11.8 Å². The highest BCUT2D eigenvalue weighted by molar-refractivity contribution is 8.77. The van der Waals surface area contributed by atoms with E-state index in [9.17, 15) is 24.3 Å². The van der Waals surface area contributed by atoms with Crippen LogP contribution in [0, 0.1) is 12.7 Å². The maximum absolute atomic E-state index is 15.4. The first-order chi connectivity index (χ1) is 40.3. The molecule has 0 bridgehead atoms. The molecule has 0 radical (unpaired) electrons. The molecular formula is C58H87FN4O18S2. The number of esters is 1. The Labute approximate surface area is 494 Å². The van der Waals surface area contributed by atoms with Crippen LogP contribution in [0.5, 0.6) is 0 Å². The van der Waals surface area contributed by atoms with Crippen LogP contribution in [0.4, 0.5) is 4.39 Å². The van der Waals surface area contributed by atoms with Crippen molar-refractivity contribution in [2.75, 3.05) is 171 Å². The summed E-state index contributed by atoms with van der Waals surface area (Å²) in [6.07, 6.45) is 2.22. The predicted molar refractivity (Wildman–Crippen MR) is 310 cm³/mol. The normalized spacial score (nSPS) is 16.3. The number of pyridine rings is 2. The molecule has 0 saturated heterocycles. The van der Waals surface area contributed by atoms with Gasteiger partial charge in [0.1, 0.15) is 12.4 Å². The summed E-state index contributed by atoms with van der Waals surface area (Å²) in [7, 11) is 2.88. The predicted octanol–water partition coefficient (Wildman–Crippen LogP) is 4.91. The smallest absolute Gasteiger partial charge is 0.343 e. The van der Waals surface area contributed by atoms with Crippen molar-refractivity contribution in [3.63, 3.8) is 0 Å². The number of aryl methyl sites for hydroxylation is 1. The lowest BCUT2D eigenvalue weighted by atomic mass is 9.81. The van der Waals surface area contributed by atoms with Crippen LogP contribution < -0.4 is 16.2 Å². The van der Waals surface area contributed by atoms with Gasteiger partial charge in [-0.1, -0.05) is 35.4 Å². The summed E-state index contributed by atoms with van der Waals surface area (Å²) < 4.78 is 87.8. The summed E-state index contributed by atoms with van der Waals surface area (Å²) in [5.74, 6) is -1.43. The Morgan fingerprint density at radius 2 is 1.19 bits per heavy atom. The number of hydrogen-bond donors (Lipinski definition) is 3. The summed E-state index contributed by atoms with van der Waals surface area (Å²) in [5, 5.41) is 18.3. The molecule has 22 nitrogen and oxygen atoms in total. The number of rotatable bonds is 46. The second kappa shape index (κ2) is 36.9. The van der Waals surface area contributed by atoms with Crippen molar-refractivity contribution in [2.24, 2.45) is 0 Å². The number of amides is 2. The topological polar surface area (TPSA) is 250 Å². The molecule has 83 heavy (non-hydrogen) atoms. The number of halogens is 1. The van der Waals surface area contributed by atoms with Crippen LogP contribution in [0.3, 0.4) is 0 Å². The Bertz CT molecular complexity index is 2560. The maximum atomic E-state index is 15.4. The highest BCUT2D eigenvalue weighted by atomic mass is 33.1. The zero-order valence-corrected chi connectivity index (χ0v) is 50.7. The molecule has 2 amide bonds. The molecule has 1 aliphatic carbocycles. The van der Waals surface area contributed by atoms with Crippen molar-refractivity contribution in [1.82, 2.24) is 20.2 Å². The first kappa shape index (κ1) is 68.2. The van der Waals surface area contributed by atoms with E-state index in [1.807, 2.05) is 13.8 Å². The standard InChI is InChI=1S/C58H87FN4O18S2/c1-6-11-69-13-15-71-17-19-73-21-23-75-25-27-77-29-31-79-33-34-80-32-30-78-28-26-76-24-22-74-20-18-72-16-14-70-12-10-50(64)60-40-57(4,5)83-82-39-51(65)61-47-9-8-42-41(3)46(59)36-48-52(42)53(47)43-37-63-49(54(43)62-48)35-45-44(55(63)66)38-81-56(67)58(45,68)7-2/h35-36,47,68H,6-34,37-40H2,1-5H3,(H,60,64)(H,61,65)/t47-,58-/m0/s1. The van der Waals surface area contributed by atoms with Crippen molar-refractivity contribution < 1.29 is 85.5 Å². The van der Waals surface area contributed by atoms with E-state index in [0.717, 1.165) is 35.1 Å². The minimum atomic E-state index is -1.99. The number of benzene rings is 1. The molecule has 2 aliphatic heterocycles. The van der Waals surface area contributed by atoms with Gasteiger partial charge in [0, 0.05) is 46.9 Å². The monoisotopic (exact) mass is 1210 g/mol. The average molecular weight is 1210 g/mol. The Morgan fingerprint density at radius 3 is 1.67 bits per heavy atom. The second-order valence-corrected chi connectivity index (χ2v) is 23.5. The lowest BCUT2D eigenvalue weighted by molar-refractivity contribution is -0.172. The number of nitrogens with one attached hydrogen (secondary N) is 2. The van der Waals surface area contributed by atoms with E-state index in [1.165, 1.54) is 27.7 Å². The number of aromatic nitrogens is 2. The zero-order valence-electron chi connectivity index (χ0n) is 49.0. The number of aliphatic hydroxyl groups is 1. The summed E-state index contributed by atoms with van der Waals surface area (Å²) in [4.78, 5) is 57.9. The molecule has 2 aromatic heterocycles. The quantitative estimate of drug-likeness (QED) is 0.0302. The van der Waals surface area contributed by atoms with Gasteiger partial charge in [-0.3, -0.25) is 14.4 Å². The fourth-order valence-electron chi connectivity index (χ4n) is 9.44. The number of carbonyl (C=O) groups is 3. The lowest BCUT2D eigenvalue weighted by Gasteiger charge is -2.31. The van der Waals surface area contributed by atoms with Gasteiger partial charge < -0.3 is 81.9 Å². The molecule has 3 aliphatic rings. The molecular weight excluding hydrogens is 1120 g/mol. The largest absolute Gasteiger partial charge is 0.458 e. The number of fused-ring (bicyclic) bond motifs is 5. The van der Waals surface area contributed by atoms with Gasteiger partial charge in [-0.25, -0.2) is 14.2 Å².